The van der Waals surface area contributed by atoms with Crippen molar-refractivity contribution in [2.75, 3.05) is 9.75 Å². The standard InChI is InChI=1S/C8H6BrF3S.C8H7F3O3S2.Na/c9-5-13-7-3-1-6(2-4-7)8(10,11)12;9-8(10,11)6-1-3-7(4-2-6)15-5-16(12,13)14;/h1-4H,5H2;1-4H,5H2,(H,12,13,14);/q;;+1/p-1. The quantitative estimate of drug-likeness (QED) is 0.183. The molecule has 2 aromatic carbocycles. The molecule has 0 aliphatic rings. The van der Waals surface area contributed by atoms with Crippen molar-refractivity contribution < 1.29 is 68.9 Å². The smallest absolute Gasteiger partial charge is 0.747 e. The van der Waals surface area contributed by atoms with E-state index in [1.54, 1.807) is 0 Å². The zero-order valence-corrected chi connectivity index (χ0v) is 21.2. The number of hydrogen-bond donors (Lipinski definition) is 0. The second-order valence-corrected chi connectivity index (χ2v) is 10.3. The third-order valence-corrected chi connectivity index (χ3v) is 6.59. The number of benzene rings is 2. The van der Waals surface area contributed by atoms with Gasteiger partial charge in [-0.25, -0.2) is 8.42 Å². The average Bonchev–Trinajstić information content (AvgIpc) is 2.60. The summed E-state index contributed by atoms with van der Waals surface area (Å²) in [6, 6.07) is 9.02. The second-order valence-electron chi connectivity index (χ2n) is 5.12. The van der Waals surface area contributed by atoms with Crippen LogP contribution in [-0.4, -0.2) is 22.7 Å². The van der Waals surface area contributed by atoms with Crippen LogP contribution in [0.25, 0.3) is 0 Å². The summed E-state index contributed by atoms with van der Waals surface area (Å²) in [5, 5.41) is -0.696. The Morgan fingerprint density at radius 1 is 0.767 bits per heavy atom. The average molecular weight is 565 g/mol. The summed E-state index contributed by atoms with van der Waals surface area (Å²) in [6.45, 7) is 0. The van der Waals surface area contributed by atoms with Crippen molar-refractivity contribution in [1.82, 2.24) is 0 Å². The molecular weight excluding hydrogens is 553 g/mol. The van der Waals surface area contributed by atoms with Gasteiger partial charge in [-0.3, -0.25) is 0 Å². The SMILES string of the molecule is FC(F)(F)c1ccc(SCBr)cc1.O=S(=O)([O-])CSc1ccc(C(F)(F)F)cc1.[Na+]. The zero-order chi connectivity index (χ0) is 22.3. The predicted molar refractivity (Wildman–Crippen MR) is 103 cm³/mol. The van der Waals surface area contributed by atoms with E-state index in [2.05, 4.69) is 15.9 Å². The molecule has 0 heterocycles. The molecule has 0 fully saturated rings. The minimum atomic E-state index is -4.42. The fourth-order valence-corrected chi connectivity index (χ4v) is 4.38. The molecule has 0 bridgehead atoms. The summed E-state index contributed by atoms with van der Waals surface area (Å²) in [5.74, 6) is 0. The maximum absolute atomic E-state index is 12.1. The van der Waals surface area contributed by atoms with Gasteiger partial charge in [0.05, 0.1) is 20.9 Å². The molecule has 0 unspecified atom stereocenters. The number of rotatable bonds is 5. The maximum Gasteiger partial charge on any atom is 1.00 e. The predicted octanol–water partition coefficient (Wildman–Crippen LogP) is 3.45. The Kier molecular flexibility index (Phi) is 13.0. The minimum Gasteiger partial charge on any atom is -0.747 e. The molecule has 30 heavy (non-hydrogen) atoms. The van der Waals surface area contributed by atoms with Crippen molar-refractivity contribution in [3.05, 3.63) is 59.7 Å². The first-order valence-corrected chi connectivity index (χ1v) is 12.0. The Bertz CT molecular complexity index is 873. The topological polar surface area (TPSA) is 57.2 Å². The van der Waals surface area contributed by atoms with Crippen molar-refractivity contribution in [1.29, 1.82) is 0 Å². The minimum absolute atomic E-state index is 0. The first-order chi connectivity index (χ1) is 13.2. The Morgan fingerprint density at radius 2 is 1.10 bits per heavy atom. The molecule has 0 aliphatic heterocycles. The molecule has 0 saturated heterocycles. The van der Waals surface area contributed by atoms with E-state index in [0.717, 1.165) is 41.3 Å². The summed E-state index contributed by atoms with van der Waals surface area (Å²) in [4.78, 5) is 1.12. The molecular formula is C16H12BrF6NaO3S3. The van der Waals surface area contributed by atoms with Crippen molar-refractivity contribution >= 4 is 49.6 Å². The number of halogens is 7. The summed E-state index contributed by atoms with van der Waals surface area (Å²) >= 11 is 5.31. The van der Waals surface area contributed by atoms with Gasteiger partial charge in [-0.1, -0.05) is 15.9 Å². The number of alkyl halides is 7. The molecule has 0 amide bonds. The molecule has 2 rings (SSSR count). The van der Waals surface area contributed by atoms with Gasteiger partial charge in [-0.15, -0.1) is 23.5 Å². The zero-order valence-electron chi connectivity index (χ0n) is 15.1. The Morgan fingerprint density at radius 3 is 1.37 bits per heavy atom. The van der Waals surface area contributed by atoms with Gasteiger partial charge in [-0.2, -0.15) is 26.3 Å². The van der Waals surface area contributed by atoms with Crippen LogP contribution in [0.15, 0.2) is 58.3 Å². The van der Waals surface area contributed by atoms with Crippen LogP contribution in [0.4, 0.5) is 26.3 Å². The molecule has 3 nitrogen and oxygen atoms in total. The van der Waals surface area contributed by atoms with Gasteiger partial charge in [0.25, 0.3) is 0 Å². The van der Waals surface area contributed by atoms with E-state index in [4.69, 9.17) is 0 Å². The molecule has 0 spiro atoms. The maximum atomic E-state index is 12.1. The van der Waals surface area contributed by atoms with Gasteiger partial charge in [-0.05, 0) is 48.5 Å². The largest absolute Gasteiger partial charge is 1.00 e. The monoisotopic (exact) mass is 564 g/mol. The van der Waals surface area contributed by atoms with Gasteiger partial charge in [0.2, 0.25) is 0 Å². The van der Waals surface area contributed by atoms with Gasteiger partial charge in [0.1, 0.15) is 10.1 Å². The summed E-state index contributed by atoms with van der Waals surface area (Å²) in [7, 11) is -4.37. The van der Waals surface area contributed by atoms with E-state index < -0.39 is 38.7 Å². The van der Waals surface area contributed by atoms with Crippen LogP contribution >= 0.6 is 39.5 Å². The summed E-state index contributed by atoms with van der Waals surface area (Å²) in [6.07, 6.45) is -8.66. The van der Waals surface area contributed by atoms with E-state index in [1.807, 2.05) is 0 Å². The molecule has 0 radical (unpaired) electrons. The van der Waals surface area contributed by atoms with E-state index in [-0.39, 0.29) is 29.6 Å². The van der Waals surface area contributed by atoms with E-state index in [0.29, 0.717) is 21.3 Å². The summed E-state index contributed by atoms with van der Waals surface area (Å²) < 4.78 is 104. The third-order valence-electron chi connectivity index (χ3n) is 2.95. The molecule has 162 valence electrons. The van der Waals surface area contributed by atoms with Gasteiger partial charge in [0, 0.05) is 9.79 Å². The fraction of sp³-hybridized carbons (Fsp3) is 0.250. The van der Waals surface area contributed by atoms with Crippen LogP contribution in [0.3, 0.4) is 0 Å². The van der Waals surface area contributed by atoms with Gasteiger partial charge < -0.3 is 4.55 Å². The normalized spacial score (nSPS) is 11.9. The Labute approximate surface area is 208 Å². The Hall–Kier alpha value is 0.110. The van der Waals surface area contributed by atoms with Crippen molar-refractivity contribution in [2.45, 2.75) is 22.1 Å². The van der Waals surface area contributed by atoms with Crippen molar-refractivity contribution in [3.8, 4) is 0 Å². The Balaban J connectivity index is 0.000000553. The van der Waals surface area contributed by atoms with Crippen LogP contribution in [0, 0.1) is 0 Å². The van der Waals surface area contributed by atoms with Crippen LogP contribution in [-0.2, 0) is 22.5 Å². The van der Waals surface area contributed by atoms with E-state index in [9.17, 15) is 39.3 Å². The first kappa shape index (κ1) is 30.1. The first-order valence-electron chi connectivity index (χ1n) is 7.32. The molecule has 0 N–H and O–H groups in total. The molecule has 0 aliphatic carbocycles. The molecule has 14 heteroatoms. The third kappa shape index (κ3) is 12.2. The molecule has 0 aromatic heterocycles. The van der Waals surface area contributed by atoms with Gasteiger partial charge >= 0.3 is 41.9 Å². The van der Waals surface area contributed by atoms with Crippen LogP contribution in [0.2, 0.25) is 0 Å². The van der Waals surface area contributed by atoms with Crippen LogP contribution in [0.1, 0.15) is 11.1 Å². The molecule has 2 aromatic rings. The summed E-state index contributed by atoms with van der Waals surface area (Å²) in [5.41, 5.74) is -1.42. The van der Waals surface area contributed by atoms with Gasteiger partial charge in [0.15, 0.2) is 0 Å². The van der Waals surface area contributed by atoms with E-state index in [1.165, 1.54) is 23.9 Å². The molecule has 0 atom stereocenters. The van der Waals surface area contributed by atoms with E-state index >= 15 is 0 Å². The fourth-order valence-electron chi connectivity index (χ4n) is 1.68. The number of hydrogen-bond acceptors (Lipinski definition) is 5. The second kappa shape index (κ2) is 13.0. The van der Waals surface area contributed by atoms with Crippen LogP contribution in [0.5, 0.6) is 0 Å². The van der Waals surface area contributed by atoms with Crippen molar-refractivity contribution in [3.63, 3.8) is 0 Å². The number of thioether (sulfide) groups is 2. The van der Waals surface area contributed by atoms with Crippen molar-refractivity contribution in [2.24, 2.45) is 0 Å². The van der Waals surface area contributed by atoms with Crippen LogP contribution < -0.4 is 29.6 Å². The molecule has 0 saturated carbocycles.